The molecule has 1 aromatic heterocycles. The Hall–Kier alpha value is -1.77. The van der Waals surface area contributed by atoms with Gasteiger partial charge in [-0.1, -0.05) is 0 Å². The fourth-order valence-corrected chi connectivity index (χ4v) is 2.87. The van der Waals surface area contributed by atoms with E-state index < -0.39 is 22.4 Å². The lowest BCUT2D eigenvalue weighted by Gasteiger charge is -2.08. The van der Waals surface area contributed by atoms with Crippen LogP contribution in [0.5, 0.6) is 0 Å². The molecule has 2 aromatic rings. The van der Waals surface area contributed by atoms with Crippen LogP contribution in [-0.2, 0) is 30.2 Å². The first-order valence-electron chi connectivity index (χ1n) is 6.21. The van der Waals surface area contributed by atoms with E-state index in [0.29, 0.717) is 0 Å². The number of nitrogens with zero attached hydrogens (tertiary/aromatic N) is 2. The Morgan fingerprint density at radius 3 is 2.67 bits per heavy atom. The van der Waals surface area contributed by atoms with Crippen molar-refractivity contribution in [3.8, 4) is 0 Å². The molecule has 21 heavy (non-hydrogen) atoms. The number of aromatic nitrogens is 2. The van der Waals surface area contributed by atoms with Gasteiger partial charge < -0.3 is 5.11 Å². The van der Waals surface area contributed by atoms with Gasteiger partial charge in [-0.25, -0.2) is 17.5 Å². The van der Waals surface area contributed by atoms with Gasteiger partial charge in [0.2, 0.25) is 10.0 Å². The van der Waals surface area contributed by atoms with E-state index in [1.807, 2.05) is 6.92 Å². The van der Waals surface area contributed by atoms with Crippen molar-refractivity contribution in [3.05, 3.63) is 47.0 Å². The summed E-state index contributed by atoms with van der Waals surface area (Å²) in [5.41, 5.74) is 1.55. The zero-order valence-electron chi connectivity index (χ0n) is 11.7. The van der Waals surface area contributed by atoms with E-state index in [-0.39, 0.29) is 17.0 Å². The molecule has 0 unspecified atom stereocenters. The van der Waals surface area contributed by atoms with E-state index in [2.05, 4.69) is 9.82 Å². The molecule has 8 heteroatoms. The molecule has 2 rings (SSSR count). The lowest BCUT2D eigenvalue weighted by molar-refractivity contribution is 0.275. The monoisotopic (exact) mass is 313 g/mol. The Morgan fingerprint density at radius 1 is 1.38 bits per heavy atom. The van der Waals surface area contributed by atoms with Crippen LogP contribution in [0.15, 0.2) is 29.3 Å². The molecule has 0 aliphatic rings. The second-order valence-corrected chi connectivity index (χ2v) is 6.38. The average Bonchev–Trinajstić information content (AvgIpc) is 2.77. The summed E-state index contributed by atoms with van der Waals surface area (Å²) < 4.78 is 41.7. The Morgan fingerprint density at radius 2 is 2.10 bits per heavy atom. The van der Waals surface area contributed by atoms with Crippen LogP contribution in [0.3, 0.4) is 0 Å². The third kappa shape index (κ3) is 3.29. The molecule has 2 N–H and O–H groups in total. The number of aliphatic hydroxyl groups is 1. The number of aliphatic hydroxyl groups excluding tert-OH is 1. The molecule has 0 spiro atoms. The SMILES string of the molecule is Cc1c(CNS(=O)(=O)c2ccc(F)c(CO)c2)cnn1C. The minimum atomic E-state index is -3.78. The molecule has 1 aromatic carbocycles. The Kier molecular flexibility index (Phi) is 4.40. The minimum Gasteiger partial charge on any atom is -0.392 e. The summed E-state index contributed by atoms with van der Waals surface area (Å²) in [6.45, 7) is 1.36. The van der Waals surface area contributed by atoms with Gasteiger partial charge >= 0.3 is 0 Å². The first-order valence-corrected chi connectivity index (χ1v) is 7.70. The standard InChI is InChI=1S/C13H16FN3O3S/c1-9-11(6-15-17(9)2)7-16-21(19,20)12-3-4-13(14)10(5-12)8-18/h3-6,16,18H,7-8H2,1-2H3. The van der Waals surface area contributed by atoms with E-state index in [0.717, 1.165) is 29.5 Å². The summed E-state index contributed by atoms with van der Waals surface area (Å²) in [6.07, 6.45) is 1.58. The first kappa shape index (κ1) is 15.6. The van der Waals surface area contributed by atoms with Crippen LogP contribution in [0.4, 0.5) is 4.39 Å². The fourth-order valence-electron chi connectivity index (χ4n) is 1.81. The van der Waals surface area contributed by atoms with Crippen LogP contribution in [0, 0.1) is 12.7 Å². The molecule has 114 valence electrons. The number of sulfonamides is 1. The van der Waals surface area contributed by atoms with Crippen LogP contribution in [0.1, 0.15) is 16.8 Å². The normalized spacial score (nSPS) is 11.8. The molecule has 0 aliphatic carbocycles. The van der Waals surface area contributed by atoms with Crippen LogP contribution in [0.25, 0.3) is 0 Å². The minimum absolute atomic E-state index is 0.0598. The van der Waals surface area contributed by atoms with E-state index in [1.165, 1.54) is 0 Å². The highest BCUT2D eigenvalue weighted by Gasteiger charge is 2.17. The van der Waals surface area contributed by atoms with Crippen molar-refractivity contribution in [2.24, 2.45) is 7.05 Å². The summed E-state index contributed by atoms with van der Waals surface area (Å²) in [5, 5.41) is 13.0. The van der Waals surface area contributed by atoms with Gasteiger partial charge in [0.15, 0.2) is 0 Å². The third-order valence-electron chi connectivity index (χ3n) is 3.29. The summed E-state index contributed by atoms with van der Waals surface area (Å²) >= 11 is 0. The van der Waals surface area contributed by atoms with Gasteiger partial charge in [0.25, 0.3) is 0 Å². The van der Waals surface area contributed by atoms with Crippen LogP contribution < -0.4 is 4.72 Å². The van der Waals surface area contributed by atoms with Gasteiger partial charge in [-0.05, 0) is 25.1 Å². The number of nitrogens with one attached hydrogen (secondary N) is 1. The van der Waals surface area contributed by atoms with Crippen molar-refractivity contribution in [2.75, 3.05) is 0 Å². The molecule has 0 fully saturated rings. The predicted octanol–water partition coefficient (Wildman–Crippen LogP) is 0.838. The molecule has 6 nitrogen and oxygen atoms in total. The maximum atomic E-state index is 13.3. The third-order valence-corrected chi connectivity index (χ3v) is 4.69. The van der Waals surface area contributed by atoms with E-state index in [9.17, 15) is 12.8 Å². The molecule has 1 heterocycles. The lowest BCUT2D eigenvalue weighted by Crippen LogP contribution is -2.23. The molecule has 0 atom stereocenters. The zero-order valence-corrected chi connectivity index (χ0v) is 12.5. The van der Waals surface area contributed by atoms with Crippen molar-refractivity contribution in [1.82, 2.24) is 14.5 Å². The number of aryl methyl sites for hydroxylation is 1. The van der Waals surface area contributed by atoms with Gasteiger partial charge in [0.1, 0.15) is 5.82 Å². The molecule has 0 bridgehead atoms. The number of benzene rings is 1. The predicted molar refractivity (Wildman–Crippen MR) is 74.3 cm³/mol. The average molecular weight is 313 g/mol. The zero-order chi connectivity index (χ0) is 15.6. The number of rotatable bonds is 5. The Balaban J connectivity index is 2.20. The number of halogens is 1. The lowest BCUT2D eigenvalue weighted by atomic mass is 10.2. The first-order chi connectivity index (χ1) is 9.85. The quantitative estimate of drug-likeness (QED) is 0.856. The van der Waals surface area contributed by atoms with Crippen molar-refractivity contribution >= 4 is 10.0 Å². The highest BCUT2D eigenvalue weighted by molar-refractivity contribution is 7.89. The topological polar surface area (TPSA) is 84.2 Å². The largest absolute Gasteiger partial charge is 0.392 e. The van der Waals surface area contributed by atoms with Gasteiger partial charge in [-0.2, -0.15) is 5.10 Å². The summed E-state index contributed by atoms with van der Waals surface area (Å²) in [4.78, 5) is -0.0884. The van der Waals surface area contributed by atoms with E-state index >= 15 is 0 Å². The highest BCUT2D eigenvalue weighted by Crippen LogP contribution is 2.16. The van der Waals surface area contributed by atoms with Gasteiger partial charge in [-0.3, -0.25) is 4.68 Å². The van der Waals surface area contributed by atoms with Crippen molar-refractivity contribution in [1.29, 1.82) is 0 Å². The maximum Gasteiger partial charge on any atom is 0.240 e. The molecule has 0 aliphatic heterocycles. The van der Waals surface area contributed by atoms with E-state index in [4.69, 9.17) is 5.11 Å². The molecular weight excluding hydrogens is 297 g/mol. The van der Waals surface area contributed by atoms with Crippen LogP contribution in [0.2, 0.25) is 0 Å². The van der Waals surface area contributed by atoms with Gasteiger partial charge in [-0.15, -0.1) is 0 Å². The van der Waals surface area contributed by atoms with Crippen molar-refractivity contribution < 1.29 is 17.9 Å². The molecule has 0 saturated heterocycles. The van der Waals surface area contributed by atoms with Gasteiger partial charge in [0.05, 0.1) is 17.7 Å². The second kappa shape index (κ2) is 5.92. The summed E-state index contributed by atoms with van der Waals surface area (Å²) in [5.74, 6) is -0.639. The Bertz CT molecular complexity index is 756. The Labute approximate surface area is 122 Å². The smallest absolute Gasteiger partial charge is 0.240 e. The van der Waals surface area contributed by atoms with E-state index in [1.54, 1.807) is 17.9 Å². The van der Waals surface area contributed by atoms with Gasteiger partial charge in [0, 0.05) is 30.4 Å². The molecule has 0 amide bonds. The molecular formula is C13H16FN3O3S. The van der Waals surface area contributed by atoms with Crippen LogP contribution >= 0.6 is 0 Å². The summed E-state index contributed by atoms with van der Waals surface area (Å²) in [7, 11) is -2.02. The highest BCUT2D eigenvalue weighted by atomic mass is 32.2. The summed E-state index contributed by atoms with van der Waals surface area (Å²) in [6, 6.07) is 3.30. The maximum absolute atomic E-state index is 13.3. The second-order valence-electron chi connectivity index (χ2n) is 4.61. The number of hydrogen-bond acceptors (Lipinski definition) is 4. The molecule has 0 radical (unpaired) electrons. The van der Waals surface area contributed by atoms with Crippen molar-refractivity contribution in [3.63, 3.8) is 0 Å². The molecule has 0 saturated carbocycles. The van der Waals surface area contributed by atoms with Crippen molar-refractivity contribution in [2.45, 2.75) is 25.0 Å². The number of hydrogen-bond donors (Lipinski definition) is 2. The fraction of sp³-hybridized carbons (Fsp3) is 0.308. The van der Waals surface area contributed by atoms with Crippen LogP contribution in [-0.4, -0.2) is 23.3 Å².